The molecule has 0 heterocycles. The fourth-order valence-corrected chi connectivity index (χ4v) is 7.65. The number of ketones is 1. The van der Waals surface area contributed by atoms with Gasteiger partial charge in [-0.2, -0.15) is 0 Å². The molecule has 0 aliphatic heterocycles. The van der Waals surface area contributed by atoms with Gasteiger partial charge in [0.25, 0.3) is 0 Å². The summed E-state index contributed by atoms with van der Waals surface area (Å²) in [6, 6.07) is 0. The maximum Gasteiger partial charge on any atom is 0.472 e. The Morgan fingerprint density at radius 2 is 1.38 bits per heavy atom. The molecule has 0 aromatic carbocycles. The van der Waals surface area contributed by atoms with Gasteiger partial charge in [0.1, 0.15) is 12.4 Å². The van der Waals surface area contributed by atoms with E-state index in [1.54, 1.807) is 12.2 Å². The quantitative estimate of drug-likeness (QED) is 0.0202. The first-order chi connectivity index (χ1) is 27.0. The Labute approximate surface area is 338 Å². The highest BCUT2D eigenvalue weighted by Gasteiger charge is 2.39. The number of ether oxygens (including phenoxy) is 2. The number of allylic oxidation sites excluding steroid dienone is 3. The van der Waals surface area contributed by atoms with Crippen molar-refractivity contribution < 1.29 is 52.6 Å². The van der Waals surface area contributed by atoms with Gasteiger partial charge >= 0.3 is 19.8 Å². The van der Waals surface area contributed by atoms with Gasteiger partial charge in [-0.3, -0.25) is 23.4 Å². The van der Waals surface area contributed by atoms with Crippen LogP contribution in [0.1, 0.15) is 174 Å². The van der Waals surface area contributed by atoms with Crippen LogP contribution < -0.4 is 5.73 Å². The van der Waals surface area contributed by atoms with Gasteiger partial charge in [-0.1, -0.05) is 128 Å². The summed E-state index contributed by atoms with van der Waals surface area (Å²) in [6.07, 6.45) is 28.2. The Kier molecular flexibility index (Phi) is 31.6. The molecule has 1 aliphatic rings. The van der Waals surface area contributed by atoms with E-state index in [1.165, 1.54) is 51.4 Å². The Hall–Kier alpha value is -1.92. The standard InChI is InChI=1S/C43H78NO11P/c1-3-5-7-8-9-10-11-12-13-14-15-16-17-18-23-27-42(48)52-34-37(35-54-56(50,51)53-32-31-44)55-43(49)28-24-20-19-22-26-38-39(41(47)33-40(38)46)30-29-36(45)25-21-6-4-2/h10-11,29-30,36-40,45-46H,3-9,12-28,31-35,44H2,1-2H3,(H,50,51)/b11-10-,30-29+/t36-,37+,38+,39+,40-/m0/s1. The molecular weight excluding hydrogens is 737 g/mol. The fraction of sp³-hybridized carbons (Fsp3) is 0.837. The number of phosphoric ester groups is 1. The summed E-state index contributed by atoms with van der Waals surface area (Å²) >= 11 is 0. The number of rotatable bonds is 37. The molecule has 0 bridgehead atoms. The number of carbonyl (C=O) groups excluding carboxylic acids is 3. The molecule has 1 fully saturated rings. The number of hydrogen-bond donors (Lipinski definition) is 4. The predicted octanol–water partition coefficient (Wildman–Crippen LogP) is 8.98. The first-order valence-corrected chi connectivity index (χ1v) is 23.4. The van der Waals surface area contributed by atoms with E-state index >= 15 is 0 Å². The zero-order valence-electron chi connectivity index (χ0n) is 34.8. The molecule has 1 aliphatic carbocycles. The summed E-state index contributed by atoms with van der Waals surface area (Å²) < 4.78 is 32.8. The fourth-order valence-electron chi connectivity index (χ4n) is 6.89. The largest absolute Gasteiger partial charge is 0.472 e. The van der Waals surface area contributed by atoms with Gasteiger partial charge < -0.3 is 30.3 Å². The Bertz CT molecular complexity index is 1130. The van der Waals surface area contributed by atoms with Crippen molar-refractivity contribution in [3.63, 3.8) is 0 Å². The molecule has 0 saturated heterocycles. The maximum absolute atomic E-state index is 12.7. The monoisotopic (exact) mass is 816 g/mol. The topological polar surface area (TPSA) is 192 Å². The lowest BCUT2D eigenvalue weighted by molar-refractivity contribution is -0.161. The van der Waals surface area contributed by atoms with Gasteiger partial charge in [-0.15, -0.1) is 0 Å². The Morgan fingerprint density at radius 3 is 2.02 bits per heavy atom. The number of nitrogens with two attached hydrogens (primary N) is 1. The third-order valence-corrected chi connectivity index (χ3v) is 11.2. The van der Waals surface area contributed by atoms with Crippen molar-refractivity contribution >= 4 is 25.5 Å². The van der Waals surface area contributed by atoms with Crippen LogP contribution in [0.4, 0.5) is 0 Å². The molecule has 0 aromatic rings. The van der Waals surface area contributed by atoms with Crippen LogP contribution in [0.2, 0.25) is 0 Å². The van der Waals surface area contributed by atoms with E-state index in [-0.39, 0.29) is 50.7 Å². The number of esters is 2. The second-order valence-electron chi connectivity index (χ2n) is 15.3. The molecule has 13 heteroatoms. The summed E-state index contributed by atoms with van der Waals surface area (Å²) in [5, 5.41) is 20.8. The van der Waals surface area contributed by atoms with Gasteiger partial charge in [0.2, 0.25) is 0 Å². The second-order valence-corrected chi connectivity index (χ2v) is 16.8. The summed E-state index contributed by atoms with van der Waals surface area (Å²) in [6.45, 7) is 3.34. The highest BCUT2D eigenvalue weighted by atomic mass is 31.2. The lowest BCUT2D eigenvalue weighted by atomic mass is 9.88. The van der Waals surface area contributed by atoms with E-state index in [4.69, 9.17) is 24.3 Å². The molecule has 0 amide bonds. The minimum Gasteiger partial charge on any atom is -0.462 e. The number of carbonyl (C=O) groups is 3. The number of aliphatic hydroxyl groups is 2. The van der Waals surface area contributed by atoms with Crippen molar-refractivity contribution in [1.82, 2.24) is 0 Å². The van der Waals surface area contributed by atoms with Crippen molar-refractivity contribution in [2.75, 3.05) is 26.4 Å². The lowest BCUT2D eigenvalue weighted by Crippen LogP contribution is -2.29. The van der Waals surface area contributed by atoms with Gasteiger partial charge in [-0.25, -0.2) is 4.57 Å². The molecule has 326 valence electrons. The zero-order chi connectivity index (χ0) is 41.3. The second kappa shape index (κ2) is 34.0. The van der Waals surface area contributed by atoms with Crippen LogP contribution in [-0.2, 0) is 37.5 Å². The molecule has 6 atom stereocenters. The van der Waals surface area contributed by atoms with Crippen molar-refractivity contribution in [3.8, 4) is 0 Å². The molecule has 0 radical (unpaired) electrons. The van der Waals surface area contributed by atoms with E-state index in [0.29, 0.717) is 32.1 Å². The average Bonchev–Trinajstić information content (AvgIpc) is 3.44. The van der Waals surface area contributed by atoms with Crippen molar-refractivity contribution in [3.05, 3.63) is 24.3 Å². The highest BCUT2D eigenvalue weighted by Crippen LogP contribution is 2.43. The van der Waals surface area contributed by atoms with E-state index in [9.17, 15) is 34.1 Å². The number of aliphatic hydroxyl groups excluding tert-OH is 2. The van der Waals surface area contributed by atoms with E-state index in [0.717, 1.165) is 57.8 Å². The Balaban J connectivity index is 2.38. The van der Waals surface area contributed by atoms with Crippen molar-refractivity contribution in [2.24, 2.45) is 17.6 Å². The van der Waals surface area contributed by atoms with Crippen molar-refractivity contribution in [1.29, 1.82) is 0 Å². The molecule has 12 nitrogen and oxygen atoms in total. The Morgan fingerprint density at radius 1 is 0.804 bits per heavy atom. The van der Waals surface area contributed by atoms with E-state index < -0.39 is 50.6 Å². The third-order valence-electron chi connectivity index (χ3n) is 10.2. The number of hydrogen-bond acceptors (Lipinski definition) is 11. The molecule has 1 saturated carbocycles. The van der Waals surface area contributed by atoms with Crippen LogP contribution in [0.15, 0.2) is 24.3 Å². The number of phosphoric acid groups is 1. The number of Topliss-reactive ketones (excluding diaryl/α,β-unsaturated/α-hetero) is 1. The van der Waals surface area contributed by atoms with Gasteiger partial charge in [-0.05, 0) is 57.3 Å². The minimum atomic E-state index is -4.44. The maximum atomic E-state index is 12.7. The molecule has 1 rings (SSSR count). The third kappa shape index (κ3) is 27.7. The molecule has 1 unspecified atom stereocenters. The molecule has 0 spiro atoms. The van der Waals surface area contributed by atoms with Gasteiger partial charge in [0, 0.05) is 31.7 Å². The summed E-state index contributed by atoms with van der Waals surface area (Å²) in [5.41, 5.74) is 5.34. The summed E-state index contributed by atoms with van der Waals surface area (Å²) in [7, 11) is -4.44. The highest BCUT2D eigenvalue weighted by molar-refractivity contribution is 7.47. The molecular formula is C43H78NO11P. The van der Waals surface area contributed by atoms with Crippen LogP contribution in [-0.4, -0.2) is 77.5 Å². The molecule has 5 N–H and O–H groups in total. The van der Waals surface area contributed by atoms with Gasteiger partial charge in [0.15, 0.2) is 6.10 Å². The van der Waals surface area contributed by atoms with E-state index in [2.05, 4.69) is 26.0 Å². The summed E-state index contributed by atoms with van der Waals surface area (Å²) in [5.74, 6) is -1.58. The molecule has 0 aromatic heterocycles. The smallest absolute Gasteiger partial charge is 0.462 e. The number of unbranched alkanes of at least 4 members (excludes halogenated alkanes) is 16. The average molecular weight is 816 g/mol. The van der Waals surface area contributed by atoms with Gasteiger partial charge in [0.05, 0.1) is 25.4 Å². The zero-order valence-corrected chi connectivity index (χ0v) is 35.7. The van der Waals surface area contributed by atoms with Crippen LogP contribution in [0.3, 0.4) is 0 Å². The normalized spacial score (nSPS) is 19.5. The van der Waals surface area contributed by atoms with Crippen LogP contribution >= 0.6 is 7.82 Å². The molecule has 56 heavy (non-hydrogen) atoms. The lowest BCUT2D eigenvalue weighted by Gasteiger charge is -2.20. The van der Waals surface area contributed by atoms with Crippen LogP contribution in [0, 0.1) is 11.8 Å². The van der Waals surface area contributed by atoms with Crippen LogP contribution in [0.25, 0.3) is 0 Å². The van der Waals surface area contributed by atoms with E-state index in [1.807, 2.05) is 0 Å². The first kappa shape index (κ1) is 52.1. The van der Waals surface area contributed by atoms with Crippen LogP contribution in [0.5, 0.6) is 0 Å². The first-order valence-electron chi connectivity index (χ1n) is 21.9. The predicted molar refractivity (Wildman–Crippen MR) is 221 cm³/mol. The minimum absolute atomic E-state index is 0.00155. The summed E-state index contributed by atoms with van der Waals surface area (Å²) in [4.78, 5) is 47.6. The SMILES string of the molecule is CCCCCC/C=C\CCCCCCCCCC(=O)OC[C@H](COP(=O)(O)OCCN)OC(=O)CCCCCC[C@H]1[C@@H](O)CC(=O)[C@@H]1/C=C/[C@@H](O)CCCCC. The van der Waals surface area contributed by atoms with Crippen molar-refractivity contribution in [2.45, 2.75) is 193 Å².